The molecule has 2 aromatic heterocycles. The largest absolute Gasteiger partial charge is 0.481 e. The standard InChI is InChI=1S/C19H19FN4O2/c20-14-5-1-2-7-17(14)26-13-19(25)23-11-4-3-6-16(23)15-9-12-24-18(22-15)8-10-21-24/h1-2,5,7-10,12,16H,3-4,6,11,13H2. The Bertz CT molecular complexity index is 927. The van der Waals surface area contributed by atoms with Crippen LogP contribution in [0.1, 0.15) is 31.0 Å². The van der Waals surface area contributed by atoms with Crippen LogP contribution < -0.4 is 4.74 Å². The Morgan fingerprint density at radius 1 is 1.23 bits per heavy atom. The van der Waals surface area contributed by atoms with Gasteiger partial charge in [0.2, 0.25) is 0 Å². The summed E-state index contributed by atoms with van der Waals surface area (Å²) in [4.78, 5) is 19.1. The summed E-state index contributed by atoms with van der Waals surface area (Å²) < 4.78 is 20.8. The molecule has 0 aliphatic carbocycles. The van der Waals surface area contributed by atoms with Gasteiger partial charge in [-0.3, -0.25) is 4.79 Å². The maximum atomic E-state index is 13.7. The molecule has 4 rings (SSSR count). The zero-order valence-corrected chi connectivity index (χ0v) is 14.2. The fourth-order valence-corrected chi connectivity index (χ4v) is 3.33. The Morgan fingerprint density at radius 2 is 2.12 bits per heavy atom. The first-order valence-electron chi connectivity index (χ1n) is 8.69. The van der Waals surface area contributed by atoms with Crippen LogP contribution >= 0.6 is 0 Å². The van der Waals surface area contributed by atoms with Gasteiger partial charge in [-0.1, -0.05) is 12.1 Å². The molecular formula is C19H19FN4O2. The van der Waals surface area contributed by atoms with Crippen molar-refractivity contribution in [1.29, 1.82) is 0 Å². The Morgan fingerprint density at radius 3 is 3.00 bits per heavy atom. The van der Waals surface area contributed by atoms with Crippen LogP contribution in [-0.4, -0.2) is 38.6 Å². The molecule has 26 heavy (non-hydrogen) atoms. The summed E-state index contributed by atoms with van der Waals surface area (Å²) in [6.07, 6.45) is 6.37. The van der Waals surface area contributed by atoms with Crippen LogP contribution in [0.2, 0.25) is 0 Å². The number of piperidine rings is 1. The third kappa shape index (κ3) is 3.24. The lowest BCUT2D eigenvalue weighted by Gasteiger charge is -2.35. The Kier molecular flexibility index (Phi) is 4.51. The van der Waals surface area contributed by atoms with Crippen LogP contribution in [0.3, 0.4) is 0 Å². The van der Waals surface area contributed by atoms with E-state index < -0.39 is 5.82 Å². The van der Waals surface area contributed by atoms with Gasteiger partial charge in [0, 0.05) is 18.8 Å². The molecular weight excluding hydrogens is 335 g/mol. The van der Waals surface area contributed by atoms with Gasteiger partial charge in [0.1, 0.15) is 0 Å². The topological polar surface area (TPSA) is 59.7 Å². The number of carbonyl (C=O) groups excluding carboxylic acids is 1. The van der Waals surface area contributed by atoms with Crippen molar-refractivity contribution in [2.45, 2.75) is 25.3 Å². The number of amides is 1. The smallest absolute Gasteiger partial charge is 0.261 e. The first kappa shape index (κ1) is 16.5. The molecule has 0 radical (unpaired) electrons. The average molecular weight is 354 g/mol. The van der Waals surface area contributed by atoms with Gasteiger partial charge in [-0.15, -0.1) is 0 Å². The first-order valence-corrected chi connectivity index (χ1v) is 8.69. The molecule has 1 amide bonds. The Balaban J connectivity index is 1.51. The number of fused-ring (bicyclic) bond motifs is 1. The van der Waals surface area contributed by atoms with Gasteiger partial charge in [-0.05, 0) is 37.5 Å². The summed E-state index contributed by atoms with van der Waals surface area (Å²) >= 11 is 0. The molecule has 1 aliphatic heterocycles. The number of carbonyl (C=O) groups is 1. The van der Waals surface area contributed by atoms with Crippen molar-refractivity contribution in [2.75, 3.05) is 13.2 Å². The molecule has 1 aliphatic rings. The van der Waals surface area contributed by atoms with Crippen molar-refractivity contribution < 1.29 is 13.9 Å². The molecule has 0 spiro atoms. The average Bonchev–Trinajstić information content (AvgIpc) is 3.15. The van der Waals surface area contributed by atoms with Crippen LogP contribution in [0, 0.1) is 5.82 Å². The Hall–Kier alpha value is -2.96. The fraction of sp³-hybridized carbons (Fsp3) is 0.316. The van der Waals surface area contributed by atoms with E-state index in [9.17, 15) is 9.18 Å². The normalized spacial score (nSPS) is 17.4. The lowest BCUT2D eigenvalue weighted by atomic mass is 9.99. The van der Waals surface area contributed by atoms with Crippen LogP contribution in [0.5, 0.6) is 5.75 Å². The molecule has 0 bridgehead atoms. The lowest BCUT2D eigenvalue weighted by Crippen LogP contribution is -2.41. The van der Waals surface area contributed by atoms with Gasteiger partial charge in [0.25, 0.3) is 5.91 Å². The predicted molar refractivity (Wildman–Crippen MR) is 93.2 cm³/mol. The number of aromatic nitrogens is 3. The molecule has 3 heterocycles. The van der Waals surface area contributed by atoms with Crippen molar-refractivity contribution in [3.8, 4) is 5.75 Å². The van der Waals surface area contributed by atoms with Crippen molar-refractivity contribution in [3.63, 3.8) is 0 Å². The van der Waals surface area contributed by atoms with E-state index in [0.717, 1.165) is 30.6 Å². The number of halogens is 1. The summed E-state index contributed by atoms with van der Waals surface area (Å²) in [6.45, 7) is 0.461. The number of likely N-dealkylation sites (tertiary alicyclic amines) is 1. The van der Waals surface area contributed by atoms with Gasteiger partial charge in [-0.2, -0.15) is 5.10 Å². The number of para-hydroxylation sites is 1. The van der Waals surface area contributed by atoms with E-state index in [2.05, 4.69) is 10.1 Å². The number of benzene rings is 1. The molecule has 0 saturated carbocycles. The van der Waals surface area contributed by atoms with Crippen LogP contribution in [0.15, 0.2) is 48.8 Å². The highest BCUT2D eigenvalue weighted by Crippen LogP contribution is 2.30. The molecule has 0 N–H and O–H groups in total. The highest BCUT2D eigenvalue weighted by molar-refractivity contribution is 5.78. The van der Waals surface area contributed by atoms with E-state index in [4.69, 9.17) is 4.74 Å². The molecule has 1 aromatic carbocycles. The second-order valence-electron chi connectivity index (χ2n) is 6.30. The minimum Gasteiger partial charge on any atom is -0.481 e. The molecule has 1 fully saturated rings. The van der Waals surface area contributed by atoms with Crippen molar-refractivity contribution >= 4 is 11.6 Å². The summed E-state index contributed by atoms with van der Waals surface area (Å²) in [6, 6.07) is 9.73. The van der Waals surface area contributed by atoms with E-state index in [1.165, 1.54) is 12.1 Å². The second kappa shape index (κ2) is 7.11. The highest BCUT2D eigenvalue weighted by Gasteiger charge is 2.29. The molecule has 1 unspecified atom stereocenters. The van der Waals surface area contributed by atoms with Crippen molar-refractivity contribution in [1.82, 2.24) is 19.5 Å². The predicted octanol–water partition coefficient (Wildman–Crippen LogP) is 3.00. The van der Waals surface area contributed by atoms with Gasteiger partial charge >= 0.3 is 0 Å². The van der Waals surface area contributed by atoms with E-state index in [1.54, 1.807) is 27.7 Å². The van der Waals surface area contributed by atoms with Crippen LogP contribution in [0.4, 0.5) is 4.39 Å². The zero-order chi connectivity index (χ0) is 17.9. The molecule has 1 atom stereocenters. The maximum Gasteiger partial charge on any atom is 0.261 e. The quantitative estimate of drug-likeness (QED) is 0.723. The van der Waals surface area contributed by atoms with Crippen molar-refractivity contribution in [2.24, 2.45) is 0 Å². The number of rotatable bonds is 4. The van der Waals surface area contributed by atoms with Gasteiger partial charge < -0.3 is 9.64 Å². The van der Waals surface area contributed by atoms with Crippen molar-refractivity contribution in [3.05, 3.63) is 60.3 Å². The van der Waals surface area contributed by atoms with Gasteiger partial charge in [0.05, 0.1) is 17.9 Å². The zero-order valence-electron chi connectivity index (χ0n) is 14.2. The fourth-order valence-electron chi connectivity index (χ4n) is 3.33. The van der Waals surface area contributed by atoms with Crippen LogP contribution in [-0.2, 0) is 4.79 Å². The number of nitrogens with zero attached hydrogens (tertiary/aromatic N) is 4. The molecule has 134 valence electrons. The molecule has 7 heteroatoms. The van der Waals surface area contributed by atoms with Gasteiger partial charge in [-0.25, -0.2) is 13.9 Å². The van der Waals surface area contributed by atoms with Crippen LogP contribution in [0.25, 0.3) is 5.65 Å². The molecule has 3 aromatic rings. The third-order valence-electron chi connectivity index (χ3n) is 4.63. The van der Waals surface area contributed by atoms with E-state index >= 15 is 0 Å². The number of hydrogen-bond acceptors (Lipinski definition) is 4. The second-order valence-corrected chi connectivity index (χ2v) is 6.30. The number of ether oxygens (including phenoxy) is 1. The monoisotopic (exact) mass is 354 g/mol. The summed E-state index contributed by atoms with van der Waals surface area (Å²) in [7, 11) is 0. The van der Waals surface area contributed by atoms with E-state index in [0.29, 0.717) is 6.54 Å². The van der Waals surface area contributed by atoms with E-state index in [-0.39, 0.29) is 24.3 Å². The third-order valence-corrected chi connectivity index (χ3v) is 4.63. The minimum absolute atomic E-state index is 0.0909. The molecule has 1 saturated heterocycles. The summed E-state index contributed by atoms with van der Waals surface area (Å²) in [5.74, 6) is -0.537. The SMILES string of the molecule is O=C(COc1ccccc1F)N1CCCCC1c1ccn2nccc2n1. The maximum absolute atomic E-state index is 13.7. The highest BCUT2D eigenvalue weighted by atomic mass is 19.1. The van der Waals surface area contributed by atoms with Gasteiger partial charge in [0.15, 0.2) is 23.8 Å². The first-order chi connectivity index (χ1) is 12.7. The molecule has 6 nitrogen and oxygen atoms in total. The minimum atomic E-state index is -0.469. The number of hydrogen-bond donors (Lipinski definition) is 0. The van der Waals surface area contributed by atoms with E-state index in [1.807, 2.05) is 18.3 Å². The Labute approximate surface area is 150 Å². The summed E-state index contributed by atoms with van der Waals surface area (Å²) in [5.41, 5.74) is 1.60. The summed E-state index contributed by atoms with van der Waals surface area (Å²) in [5, 5.41) is 4.15. The lowest BCUT2D eigenvalue weighted by molar-refractivity contribution is -0.137.